The lowest BCUT2D eigenvalue weighted by Crippen LogP contribution is -2.50. The molecule has 5 nitrogen and oxygen atoms in total. The van der Waals surface area contributed by atoms with Crippen LogP contribution in [0.3, 0.4) is 0 Å². The number of hydrogen-bond acceptors (Lipinski definition) is 3. The van der Waals surface area contributed by atoms with E-state index in [-0.39, 0.29) is 37.6 Å². The second kappa shape index (κ2) is 8.65. The van der Waals surface area contributed by atoms with E-state index in [0.717, 1.165) is 11.6 Å². The standard InChI is InChI=1S/C21H21F3N2O3/c1-29-14-15-6-8-16(9-7-15)19(27)25-10-12-26(13-11-25)20(28)17-4-2-3-5-18(17)21(22,23)24/h2-9H,10-14H2,1H3. The molecular formula is C21H21F3N2O3. The highest BCUT2D eigenvalue weighted by Crippen LogP contribution is 2.32. The smallest absolute Gasteiger partial charge is 0.380 e. The molecule has 8 heteroatoms. The van der Waals surface area contributed by atoms with Gasteiger partial charge in [0.2, 0.25) is 0 Å². The molecule has 0 atom stereocenters. The maximum Gasteiger partial charge on any atom is 0.417 e. The van der Waals surface area contributed by atoms with E-state index >= 15 is 0 Å². The summed E-state index contributed by atoms with van der Waals surface area (Å²) in [4.78, 5) is 28.2. The summed E-state index contributed by atoms with van der Waals surface area (Å²) in [7, 11) is 1.59. The molecule has 1 fully saturated rings. The average Bonchev–Trinajstić information content (AvgIpc) is 2.73. The molecule has 154 valence electrons. The molecule has 0 saturated carbocycles. The van der Waals surface area contributed by atoms with Crippen molar-refractivity contribution in [2.45, 2.75) is 12.8 Å². The van der Waals surface area contributed by atoms with Crippen molar-refractivity contribution >= 4 is 11.8 Å². The Kier molecular flexibility index (Phi) is 6.22. The van der Waals surface area contributed by atoms with Gasteiger partial charge < -0.3 is 14.5 Å². The highest BCUT2D eigenvalue weighted by Gasteiger charge is 2.36. The van der Waals surface area contributed by atoms with E-state index in [2.05, 4.69) is 0 Å². The number of carbonyl (C=O) groups excluding carboxylic acids is 2. The summed E-state index contributed by atoms with van der Waals surface area (Å²) in [6.45, 7) is 1.34. The maximum absolute atomic E-state index is 13.2. The molecule has 0 N–H and O–H groups in total. The number of piperazine rings is 1. The van der Waals surface area contributed by atoms with E-state index in [9.17, 15) is 22.8 Å². The van der Waals surface area contributed by atoms with Gasteiger partial charge in [-0.2, -0.15) is 13.2 Å². The Morgan fingerprint density at radius 3 is 2.00 bits per heavy atom. The number of alkyl halides is 3. The number of hydrogen-bond donors (Lipinski definition) is 0. The van der Waals surface area contributed by atoms with Crippen LogP contribution in [0.4, 0.5) is 13.2 Å². The van der Waals surface area contributed by atoms with Gasteiger partial charge in [0, 0.05) is 38.9 Å². The topological polar surface area (TPSA) is 49.9 Å². The van der Waals surface area contributed by atoms with Gasteiger partial charge in [-0.25, -0.2) is 0 Å². The van der Waals surface area contributed by atoms with Crippen LogP contribution in [0.1, 0.15) is 31.8 Å². The SMILES string of the molecule is COCc1ccc(C(=O)N2CCN(C(=O)c3ccccc3C(F)(F)F)CC2)cc1. The zero-order valence-electron chi connectivity index (χ0n) is 15.9. The zero-order chi connectivity index (χ0) is 21.0. The van der Waals surface area contributed by atoms with Gasteiger partial charge in [0.1, 0.15) is 0 Å². The van der Waals surface area contributed by atoms with Crippen LogP contribution in [0, 0.1) is 0 Å². The second-order valence-corrected chi connectivity index (χ2v) is 6.76. The molecule has 0 spiro atoms. The first-order chi connectivity index (χ1) is 13.8. The zero-order valence-corrected chi connectivity index (χ0v) is 15.9. The normalized spacial score (nSPS) is 14.8. The number of ether oxygens (including phenoxy) is 1. The molecule has 2 amide bonds. The van der Waals surface area contributed by atoms with Gasteiger partial charge in [0.15, 0.2) is 0 Å². The van der Waals surface area contributed by atoms with E-state index in [1.165, 1.54) is 23.1 Å². The van der Waals surface area contributed by atoms with Crippen LogP contribution < -0.4 is 0 Å². The molecule has 0 aliphatic carbocycles. The Morgan fingerprint density at radius 2 is 1.45 bits per heavy atom. The molecule has 0 aromatic heterocycles. The Labute approximate surface area is 166 Å². The van der Waals surface area contributed by atoms with Crippen molar-refractivity contribution in [1.29, 1.82) is 0 Å². The average molecular weight is 406 g/mol. The Bertz CT molecular complexity index is 873. The van der Waals surface area contributed by atoms with Gasteiger partial charge >= 0.3 is 6.18 Å². The quantitative estimate of drug-likeness (QED) is 0.782. The third kappa shape index (κ3) is 4.76. The van der Waals surface area contributed by atoms with Crippen LogP contribution in [0.5, 0.6) is 0 Å². The molecule has 2 aromatic rings. The largest absolute Gasteiger partial charge is 0.417 e. The van der Waals surface area contributed by atoms with E-state index in [4.69, 9.17) is 4.74 Å². The van der Waals surface area contributed by atoms with Crippen molar-refractivity contribution in [1.82, 2.24) is 9.80 Å². The van der Waals surface area contributed by atoms with Crippen molar-refractivity contribution in [3.8, 4) is 0 Å². The lowest BCUT2D eigenvalue weighted by molar-refractivity contribution is -0.138. The first-order valence-electron chi connectivity index (χ1n) is 9.14. The molecule has 1 heterocycles. The van der Waals surface area contributed by atoms with Crippen molar-refractivity contribution < 1.29 is 27.5 Å². The molecule has 0 radical (unpaired) electrons. The number of carbonyl (C=O) groups is 2. The lowest BCUT2D eigenvalue weighted by Gasteiger charge is -2.35. The Morgan fingerprint density at radius 1 is 0.897 bits per heavy atom. The van der Waals surface area contributed by atoms with Crippen LogP contribution in [-0.4, -0.2) is 54.9 Å². The summed E-state index contributed by atoms with van der Waals surface area (Å²) in [5.74, 6) is -0.842. The fraction of sp³-hybridized carbons (Fsp3) is 0.333. The molecule has 1 aliphatic rings. The Hall–Kier alpha value is -2.87. The third-order valence-electron chi connectivity index (χ3n) is 4.83. The molecular weight excluding hydrogens is 385 g/mol. The van der Waals surface area contributed by atoms with E-state index < -0.39 is 17.6 Å². The molecule has 3 rings (SSSR count). The predicted molar refractivity (Wildman–Crippen MR) is 100 cm³/mol. The minimum atomic E-state index is -4.60. The first kappa shape index (κ1) is 20.9. The molecule has 1 aliphatic heterocycles. The van der Waals surface area contributed by atoms with Crippen molar-refractivity contribution in [2.75, 3.05) is 33.3 Å². The van der Waals surface area contributed by atoms with Gasteiger partial charge in [-0.1, -0.05) is 24.3 Å². The summed E-state index contributed by atoms with van der Waals surface area (Å²) < 4.78 is 44.6. The van der Waals surface area contributed by atoms with Gasteiger partial charge in [-0.05, 0) is 29.8 Å². The van der Waals surface area contributed by atoms with Gasteiger partial charge in [-0.3, -0.25) is 9.59 Å². The van der Waals surface area contributed by atoms with Crippen molar-refractivity contribution in [3.05, 3.63) is 70.8 Å². The molecule has 2 aromatic carbocycles. The van der Waals surface area contributed by atoms with Crippen molar-refractivity contribution in [3.63, 3.8) is 0 Å². The number of methoxy groups -OCH3 is 1. The van der Waals surface area contributed by atoms with E-state index in [1.807, 2.05) is 12.1 Å². The minimum absolute atomic E-state index is 0.170. The van der Waals surface area contributed by atoms with Gasteiger partial charge in [-0.15, -0.1) is 0 Å². The number of benzene rings is 2. The minimum Gasteiger partial charge on any atom is -0.380 e. The predicted octanol–water partition coefficient (Wildman–Crippen LogP) is 3.45. The van der Waals surface area contributed by atoms with Crippen molar-refractivity contribution in [2.24, 2.45) is 0 Å². The molecule has 29 heavy (non-hydrogen) atoms. The van der Waals surface area contributed by atoms with Gasteiger partial charge in [0.25, 0.3) is 11.8 Å². The van der Waals surface area contributed by atoms with Crippen LogP contribution in [-0.2, 0) is 17.5 Å². The third-order valence-corrected chi connectivity index (χ3v) is 4.83. The van der Waals surface area contributed by atoms with Gasteiger partial charge in [0.05, 0.1) is 17.7 Å². The van der Waals surface area contributed by atoms with Crippen LogP contribution in [0.25, 0.3) is 0 Å². The summed E-state index contributed by atoms with van der Waals surface area (Å²) >= 11 is 0. The lowest BCUT2D eigenvalue weighted by atomic mass is 10.1. The molecule has 0 unspecified atom stereocenters. The number of amides is 2. The molecule has 1 saturated heterocycles. The van der Waals surface area contributed by atoms with Crippen LogP contribution in [0.15, 0.2) is 48.5 Å². The van der Waals surface area contributed by atoms with Crippen LogP contribution >= 0.6 is 0 Å². The highest BCUT2D eigenvalue weighted by atomic mass is 19.4. The second-order valence-electron chi connectivity index (χ2n) is 6.76. The fourth-order valence-corrected chi connectivity index (χ4v) is 3.29. The molecule has 0 bridgehead atoms. The number of nitrogens with zero attached hydrogens (tertiary/aromatic N) is 2. The Balaban J connectivity index is 1.65. The fourth-order valence-electron chi connectivity index (χ4n) is 3.29. The maximum atomic E-state index is 13.2. The highest BCUT2D eigenvalue weighted by molar-refractivity contribution is 5.97. The summed E-state index contributed by atoms with van der Waals surface area (Å²) in [6, 6.07) is 11.8. The summed E-state index contributed by atoms with van der Waals surface area (Å²) in [5.41, 5.74) is 0.156. The number of rotatable bonds is 4. The number of halogens is 3. The monoisotopic (exact) mass is 406 g/mol. The first-order valence-corrected chi connectivity index (χ1v) is 9.14. The summed E-state index contributed by atoms with van der Waals surface area (Å²) in [6.07, 6.45) is -4.60. The van der Waals surface area contributed by atoms with Crippen LogP contribution in [0.2, 0.25) is 0 Å². The van der Waals surface area contributed by atoms with E-state index in [1.54, 1.807) is 24.1 Å². The van der Waals surface area contributed by atoms with E-state index in [0.29, 0.717) is 12.2 Å². The summed E-state index contributed by atoms with van der Waals surface area (Å²) in [5, 5.41) is 0.